The van der Waals surface area contributed by atoms with Crippen molar-refractivity contribution in [3.8, 4) is 0 Å². The zero-order valence-corrected chi connectivity index (χ0v) is 10.9. The molecule has 1 aromatic heterocycles. The molecular formula is C12H21N5O. The molecule has 0 bridgehead atoms. The van der Waals surface area contributed by atoms with E-state index in [0.29, 0.717) is 18.8 Å². The van der Waals surface area contributed by atoms with Gasteiger partial charge in [-0.3, -0.25) is 4.79 Å². The molecular weight excluding hydrogens is 230 g/mol. The summed E-state index contributed by atoms with van der Waals surface area (Å²) >= 11 is 0. The molecule has 0 unspecified atom stereocenters. The van der Waals surface area contributed by atoms with Gasteiger partial charge in [-0.05, 0) is 20.0 Å². The van der Waals surface area contributed by atoms with Crippen LogP contribution < -0.4 is 5.73 Å². The Morgan fingerprint density at radius 3 is 3.00 bits per heavy atom. The second kappa shape index (κ2) is 5.97. The first-order valence-corrected chi connectivity index (χ1v) is 6.40. The number of nitrogens with zero attached hydrogens (tertiary/aromatic N) is 4. The van der Waals surface area contributed by atoms with Crippen molar-refractivity contribution in [2.24, 2.45) is 5.73 Å². The van der Waals surface area contributed by atoms with Gasteiger partial charge in [0.25, 0.3) is 5.91 Å². The van der Waals surface area contributed by atoms with Gasteiger partial charge in [-0.2, -0.15) is 0 Å². The van der Waals surface area contributed by atoms with E-state index in [2.05, 4.69) is 16.9 Å². The Bertz CT molecular complexity index is 403. The SMILES string of the molecule is CN1CCCN(C(=O)c2cn(CCN)cn2)CC1. The Morgan fingerprint density at radius 1 is 1.39 bits per heavy atom. The lowest BCUT2D eigenvalue weighted by Crippen LogP contribution is -2.34. The molecule has 1 amide bonds. The maximum Gasteiger partial charge on any atom is 0.274 e. The average Bonchev–Trinajstić information content (AvgIpc) is 2.71. The fourth-order valence-corrected chi connectivity index (χ4v) is 2.15. The van der Waals surface area contributed by atoms with E-state index in [1.165, 1.54) is 0 Å². The number of hydrogen-bond donors (Lipinski definition) is 1. The molecule has 0 radical (unpaired) electrons. The highest BCUT2D eigenvalue weighted by Crippen LogP contribution is 2.07. The molecule has 1 saturated heterocycles. The summed E-state index contributed by atoms with van der Waals surface area (Å²) in [4.78, 5) is 20.6. The number of aromatic nitrogens is 2. The maximum absolute atomic E-state index is 12.3. The normalized spacial score (nSPS) is 17.8. The number of rotatable bonds is 3. The van der Waals surface area contributed by atoms with Crippen molar-refractivity contribution in [3.63, 3.8) is 0 Å². The molecule has 100 valence electrons. The van der Waals surface area contributed by atoms with Crippen molar-refractivity contribution in [3.05, 3.63) is 18.2 Å². The lowest BCUT2D eigenvalue weighted by molar-refractivity contribution is 0.0757. The van der Waals surface area contributed by atoms with E-state index < -0.39 is 0 Å². The fraction of sp³-hybridized carbons (Fsp3) is 0.667. The second-order valence-electron chi connectivity index (χ2n) is 4.73. The number of likely N-dealkylation sites (N-methyl/N-ethyl adjacent to an activating group) is 1. The number of carbonyl (C=O) groups excluding carboxylic acids is 1. The zero-order valence-electron chi connectivity index (χ0n) is 10.9. The molecule has 1 aliphatic heterocycles. The van der Waals surface area contributed by atoms with Crippen LogP contribution in [0.1, 0.15) is 16.9 Å². The van der Waals surface area contributed by atoms with E-state index in [4.69, 9.17) is 5.73 Å². The summed E-state index contributed by atoms with van der Waals surface area (Å²) < 4.78 is 1.86. The first-order chi connectivity index (χ1) is 8.70. The fourth-order valence-electron chi connectivity index (χ4n) is 2.15. The number of nitrogens with two attached hydrogens (primary N) is 1. The van der Waals surface area contributed by atoms with Gasteiger partial charge < -0.3 is 20.1 Å². The topological polar surface area (TPSA) is 67.4 Å². The summed E-state index contributed by atoms with van der Waals surface area (Å²) in [6, 6.07) is 0. The molecule has 2 heterocycles. The van der Waals surface area contributed by atoms with Crippen molar-refractivity contribution in [1.82, 2.24) is 19.4 Å². The quantitative estimate of drug-likeness (QED) is 0.795. The summed E-state index contributed by atoms with van der Waals surface area (Å²) in [6.45, 7) is 4.81. The highest BCUT2D eigenvalue weighted by atomic mass is 16.2. The predicted octanol–water partition coefficient (Wildman–Crippen LogP) is -0.380. The summed E-state index contributed by atoms with van der Waals surface area (Å²) in [7, 11) is 2.09. The number of hydrogen-bond acceptors (Lipinski definition) is 4. The molecule has 1 fully saturated rings. The summed E-state index contributed by atoms with van der Waals surface area (Å²) in [6.07, 6.45) is 4.47. The van der Waals surface area contributed by atoms with E-state index in [1.54, 1.807) is 12.5 Å². The van der Waals surface area contributed by atoms with E-state index in [0.717, 1.165) is 32.6 Å². The van der Waals surface area contributed by atoms with Crippen molar-refractivity contribution in [1.29, 1.82) is 0 Å². The Kier molecular flexibility index (Phi) is 4.33. The lowest BCUT2D eigenvalue weighted by Gasteiger charge is -2.19. The van der Waals surface area contributed by atoms with Gasteiger partial charge >= 0.3 is 0 Å². The molecule has 0 aliphatic carbocycles. The first kappa shape index (κ1) is 13.0. The summed E-state index contributed by atoms with van der Waals surface area (Å²) in [5.74, 6) is 0.0288. The van der Waals surface area contributed by atoms with Gasteiger partial charge in [-0.15, -0.1) is 0 Å². The third kappa shape index (κ3) is 3.08. The standard InChI is InChI=1S/C12H21N5O/c1-15-4-2-5-17(8-7-15)12(18)11-9-16(6-3-13)10-14-11/h9-10H,2-8,13H2,1H3. The Hall–Kier alpha value is -1.40. The van der Waals surface area contributed by atoms with Gasteiger partial charge in [0.05, 0.1) is 6.33 Å². The van der Waals surface area contributed by atoms with Crippen LogP contribution in [0.3, 0.4) is 0 Å². The third-order valence-corrected chi connectivity index (χ3v) is 3.25. The minimum atomic E-state index is 0.0288. The summed E-state index contributed by atoms with van der Waals surface area (Å²) in [5, 5.41) is 0. The lowest BCUT2D eigenvalue weighted by atomic mass is 10.3. The van der Waals surface area contributed by atoms with Crippen LogP contribution in [0.5, 0.6) is 0 Å². The highest BCUT2D eigenvalue weighted by Gasteiger charge is 2.20. The van der Waals surface area contributed by atoms with Crippen molar-refractivity contribution in [2.75, 3.05) is 39.8 Å². The van der Waals surface area contributed by atoms with E-state index in [1.807, 2.05) is 9.47 Å². The number of imidazole rings is 1. The molecule has 6 nitrogen and oxygen atoms in total. The van der Waals surface area contributed by atoms with Crippen LogP contribution in [0.25, 0.3) is 0 Å². The van der Waals surface area contributed by atoms with Crippen LogP contribution in [0.4, 0.5) is 0 Å². The predicted molar refractivity (Wildman–Crippen MR) is 69.3 cm³/mol. The molecule has 1 aromatic rings. The Morgan fingerprint density at radius 2 is 2.22 bits per heavy atom. The highest BCUT2D eigenvalue weighted by molar-refractivity contribution is 5.92. The van der Waals surface area contributed by atoms with Crippen LogP contribution in [0, 0.1) is 0 Å². The van der Waals surface area contributed by atoms with Crippen molar-refractivity contribution in [2.45, 2.75) is 13.0 Å². The van der Waals surface area contributed by atoms with Crippen molar-refractivity contribution < 1.29 is 4.79 Å². The van der Waals surface area contributed by atoms with Gasteiger partial charge in [0, 0.05) is 38.9 Å². The van der Waals surface area contributed by atoms with E-state index in [9.17, 15) is 4.79 Å². The first-order valence-electron chi connectivity index (χ1n) is 6.40. The summed E-state index contributed by atoms with van der Waals surface area (Å²) in [5.41, 5.74) is 6.00. The number of amides is 1. The van der Waals surface area contributed by atoms with Crippen molar-refractivity contribution >= 4 is 5.91 Å². The van der Waals surface area contributed by atoms with Crippen LogP contribution in [0.2, 0.25) is 0 Å². The molecule has 1 aliphatic rings. The second-order valence-corrected chi connectivity index (χ2v) is 4.73. The molecule has 0 spiro atoms. The van der Waals surface area contributed by atoms with Gasteiger partial charge in [-0.25, -0.2) is 4.98 Å². The smallest absolute Gasteiger partial charge is 0.274 e. The van der Waals surface area contributed by atoms with Crippen LogP contribution in [-0.4, -0.2) is 65.0 Å². The average molecular weight is 251 g/mol. The monoisotopic (exact) mass is 251 g/mol. The van der Waals surface area contributed by atoms with E-state index >= 15 is 0 Å². The largest absolute Gasteiger partial charge is 0.336 e. The van der Waals surface area contributed by atoms with E-state index in [-0.39, 0.29) is 5.91 Å². The number of carbonyl (C=O) groups is 1. The van der Waals surface area contributed by atoms with Crippen LogP contribution in [-0.2, 0) is 6.54 Å². The molecule has 2 rings (SSSR count). The molecule has 18 heavy (non-hydrogen) atoms. The van der Waals surface area contributed by atoms with Crippen LogP contribution >= 0.6 is 0 Å². The molecule has 0 atom stereocenters. The molecule has 0 saturated carbocycles. The minimum absolute atomic E-state index is 0.0288. The van der Waals surface area contributed by atoms with Gasteiger partial charge in [0.1, 0.15) is 5.69 Å². The van der Waals surface area contributed by atoms with Gasteiger partial charge in [0.15, 0.2) is 0 Å². The van der Waals surface area contributed by atoms with Gasteiger partial charge in [-0.1, -0.05) is 0 Å². The Balaban J connectivity index is 2.00. The maximum atomic E-state index is 12.3. The third-order valence-electron chi connectivity index (χ3n) is 3.25. The minimum Gasteiger partial charge on any atom is -0.336 e. The molecule has 0 aromatic carbocycles. The Labute approximate surface area is 107 Å². The van der Waals surface area contributed by atoms with Crippen LogP contribution in [0.15, 0.2) is 12.5 Å². The zero-order chi connectivity index (χ0) is 13.0. The molecule has 2 N–H and O–H groups in total. The molecule has 6 heteroatoms. The van der Waals surface area contributed by atoms with Gasteiger partial charge in [0.2, 0.25) is 0 Å².